The summed E-state index contributed by atoms with van der Waals surface area (Å²) in [6.07, 6.45) is -1.24. The summed E-state index contributed by atoms with van der Waals surface area (Å²) < 4.78 is 9.99. The van der Waals surface area contributed by atoms with Gasteiger partial charge in [-0.05, 0) is 61.7 Å². The number of nitrogens with zero attached hydrogens (tertiary/aromatic N) is 3. The fraction of sp³-hybridized carbons (Fsp3) is 0.346. The van der Waals surface area contributed by atoms with Crippen molar-refractivity contribution in [1.29, 1.82) is 0 Å². The number of ether oxygens (including phenoxy) is 1. The van der Waals surface area contributed by atoms with Crippen molar-refractivity contribution in [3.05, 3.63) is 64.1 Å². The van der Waals surface area contributed by atoms with Crippen molar-refractivity contribution < 1.29 is 28.8 Å². The lowest BCUT2D eigenvalue weighted by Crippen LogP contribution is -2.55. The number of rotatable bonds is 6. The van der Waals surface area contributed by atoms with Crippen molar-refractivity contribution in [1.82, 2.24) is 15.0 Å². The summed E-state index contributed by atoms with van der Waals surface area (Å²) >= 11 is 0. The molecule has 3 heterocycles. The first-order valence-corrected chi connectivity index (χ1v) is 12.3. The van der Waals surface area contributed by atoms with Gasteiger partial charge in [-0.1, -0.05) is 11.2 Å². The molecule has 3 aromatic rings. The first kappa shape index (κ1) is 25.4. The Bertz CT molecular complexity index is 1410. The third-order valence-corrected chi connectivity index (χ3v) is 6.76. The zero-order valence-corrected chi connectivity index (χ0v) is 20.7. The molecule has 1 aromatic heterocycles. The Labute approximate surface area is 217 Å². The third kappa shape index (κ3) is 4.95. The molecule has 3 N–H and O–H groups in total. The van der Waals surface area contributed by atoms with Gasteiger partial charge in [-0.2, -0.15) is 0 Å². The molecular weight excluding hydrogens is 494 g/mol. The number of aliphatic hydroxyl groups excluding tert-OH is 1. The van der Waals surface area contributed by atoms with E-state index in [0.29, 0.717) is 41.2 Å². The lowest BCUT2D eigenvalue weighted by atomic mass is 10.0. The number of carbonyl (C=O) groups excluding carboxylic acids is 3. The highest BCUT2D eigenvalue weighted by Gasteiger charge is 2.40. The molecule has 2 saturated heterocycles. The maximum absolute atomic E-state index is 13.3. The van der Waals surface area contributed by atoms with Gasteiger partial charge >= 0.3 is 5.76 Å². The van der Waals surface area contributed by atoms with Crippen LogP contribution >= 0.6 is 0 Å². The number of anilines is 2. The minimum atomic E-state index is -1.77. The van der Waals surface area contributed by atoms with Crippen LogP contribution in [0.1, 0.15) is 28.8 Å². The van der Waals surface area contributed by atoms with Gasteiger partial charge in [-0.3, -0.25) is 23.9 Å². The van der Waals surface area contributed by atoms with Crippen LogP contribution in [0, 0.1) is 6.92 Å². The molecule has 12 nitrogen and oxygen atoms in total. The zero-order valence-electron chi connectivity index (χ0n) is 20.7. The normalized spacial score (nSPS) is 18.5. The Morgan fingerprint density at radius 1 is 1.11 bits per heavy atom. The van der Waals surface area contributed by atoms with Gasteiger partial charge in [0.1, 0.15) is 0 Å². The Hall–Kier alpha value is -4.29. The molecule has 0 radical (unpaired) electrons. The monoisotopic (exact) mass is 521 g/mol. The second kappa shape index (κ2) is 10.6. The first-order chi connectivity index (χ1) is 18.3. The number of carbonyl (C=O) groups is 3. The van der Waals surface area contributed by atoms with E-state index in [-0.39, 0.29) is 24.9 Å². The van der Waals surface area contributed by atoms with E-state index < -0.39 is 29.8 Å². The molecule has 0 saturated carbocycles. The van der Waals surface area contributed by atoms with Gasteiger partial charge in [0.2, 0.25) is 0 Å². The molecule has 0 aliphatic carbocycles. The third-order valence-electron chi connectivity index (χ3n) is 6.76. The van der Waals surface area contributed by atoms with Crippen molar-refractivity contribution in [2.24, 2.45) is 0 Å². The average Bonchev–Trinajstić information content (AvgIpc) is 3.61. The van der Waals surface area contributed by atoms with E-state index in [9.17, 15) is 24.3 Å². The summed E-state index contributed by atoms with van der Waals surface area (Å²) in [5.74, 6) is -1.91. The van der Waals surface area contributed by atoms with Gasteiger partial charge in [0.15, 0.2) is 18.0 Å². The maximum atomic E-state index is 13.3. The van der Waals surface area contributed by atoms with E-state index in [1.54, 1.807) is 49.4 Å². The quantitative estimate of drug-likeness (QED) is 0.438. The smallest absolute Gasteiger partial charge is 0.380 e. The standard InChI is InChI=1S/C26H27N5O7/c1-15-18(24(34)30-11-2-3-12-30)5-4-6-19(15)31-13-14-37-21(25(31)35)20(32)23(33)27-17-9-7-16(8-10-17)22-28-26(36)38-29-22/h4-10,20-21,32H,2-3,11-14H2,1H3,(H,27,33)(H,28,29,36). The summed E-state index contributed by atoms with van der Waals surface area (Å²) in [7, 11) is 0. The topological polar surface area (TPSA) is 158 Å². The SMILES string of the molecule is Cc1c(C(=O)N2CCCC2)cccc1N1CCOC(C(O)C(=O)Nc2ccc(-c3noc(=O)[nH]3)cc2)C1=O. The Balaban J connectivity index is 1.28. The number of aromatic nitrogens is 2. The molecule has 0 bridgehead atoms. The molecule has 2 fully saturated rings. The fourth-order valence-electron chi connectivity index (χ4n) is 4.73. The second-order valence-electron chi connectivity index (χ2n) is 9.19. The van der Waals surface area contributed by atoms with E-state index in [0.717, 1.165) is 12.8 Å². The Kier molecular flexibility index (Phi) is 7.07. The predicted molar refractivity (Wildman–Crippen MR) is 136 cm³/mol. The summed E-state index contributed by atoms with van der Waals surface area (Å²) in [4.78, 5) is 55.9. The summed E-state index contributed by atoms with van der Waals surface area (Å²) in [6.45, 7) is 3.54. The predicted octanol–water partition coefficient (Wildman–Crippen LogP) is 1.31. The highest BCUT2D eigenvalue weighted by molar-refractivity contribution is 6.05. The number of nitrogens with one attached hydrogen (secondary N) is 2. The van der Waals surface area contributed by atoms with Crippen LogP contribution in [0.2, 0.25) is 0 Å². The maximum Gasteiger partial charge on any atom is 0.439 e. The number of amides is 3. The van der Waals surface area contributed by atoms with E-state index in [4.69, 9.17) is 4.74 Å². The van der Waals surface area contributed by atoms with Gasteiger partial charge in [0.05, 0.1) is 6.61 Å². The lowest BCUT2D eigenvalue weighted by Gasteiger charge is -2.35. The van der Waals surface area contributed by atoms with Crippen LogP contribution < -0.4 is 16.0 Å². The fourth-order valence-corrected chi connectivity index (χ4v) is 4.73. The molecule has 12 heteroatoms. The average molecular weight is 522 g/mol. The molecule has 2 aliphatic rings. The van der Waals surface area contributed by atoms with Crippen LogP contribution in [0.5, 0.6) is 0 Å². The number of benzene rings is 2. The summed E-state index contributed by atoms with van der Waals surface area (Å²) in [6, 6.07) is 11.5. The van der Waals surface area contributed by atoms with E-state index in [1.165, 1.54) is 4.90 Å². The summed E-state index contributed by atoms with van der Waals surface area (Å²) in [5, 5.41) is 16.9. The lowest BCUT2D eigenvalue weighted by molar-refractivity contribution is -0.150. The zero-order chi connectivity index (χ0) is 26.8. The minimum absolute atomic E-state index is 0.0700. The van der Waals surface area contributed by atoms with E-state index in [1.807, 2.05) is 4.90 Å². The van der Waals surface area contributed by atoms with E-state index >= 15 is 0 Å². The van der Waals surface area contributed by atoms with Crippen LogP contribution in [0.25, 0.3) is 11.4 Å². The van der Waals surface area contributed by atoms with Crippen LogP contribution in [-0.2, 0) is 14.3 Å². The number of hydrogen-bond donors (Lipinski definition) is 3. The Morgan fingerprint density at radius 2 is 1.84 bits per heavy atom. The van der Waals surface area contributed by atoms with Gasteiger partial charge in [0, 0.05) is 42.1 Å². The van der Waals surface area contributed by atoms with Crippen molar-refractivity contribution in [2.75, 3.05) is 36.5 Å². The van der Waals surface area contributed by atoms with Gasteiger partial charge in [0.25, 0.3) is 17.7 Å². The largest absolute Gasteiger partial charge is 0.439 e. The number of likely N-dealkylation sites (tertiary alicyclic amines) is 1. The molecule has 2 aliphatic heterocycles. The molecule has 0 spiro atoms. The molecule has 2 atom stereocenters. The Morgan fingerprint density at radius 3 is 2.53 bits per heavy atom. The first-order valence-electron chi connectivity index (χ1n) is 12.3. The summed E-state index contributed by atoms with van der Waals surface area (Å²) in [5.41, 5.74) is 2.63. The van der Waals surface area contributed by atoms with Gasteiger partial charge in [-0.15, -0.1) is 0 Å². The molecule has 2 unspecified atom stereocenters. The minimum Gasteiger partial charge on any atom is -0.380 e. The molecule has 3 amide bonds. The van der Waals surface area contributed by atoms with Crippen LogP contribution in [0.15, 0.2) is 51.8 Å². The van der Waals surface area contributed by atoms with Gasteiger partial charge in [-0.25, -0.2) is 4.79 Å². The number of hydrogen-bond acceptors (Lipinski definition) is 8. The van der Waals surface area contributed by atoms with Crippen LogP contribution in [-0.4, -0.2) is 76.3 Å². The van der Waals surface area contributed by atoms with Gasteiger partial charge < -0.3 is 25.0 Å². The van der Waals surface area contributed by atoms with Crippen LogP contribution in [0.3, 0.4) is 0 Å². The van der Waals surface area contributed by atoms with Crippen LogP contribution in [0.4, 0.5) is 11.4 Å². The van der Waals surface area contributed by atoms with Crippen molar-refractivity contribution >= 4 is 29.1 Å². The molecule has 198 valence electrons. The highest BCUT2D eigenvalue weighted by Crippen LogP contribution is 2.28. The van der Waals surface area contributed by atoms with Crippen molar-refractivity contribution in [3.8, 4) is 11.4 Å². The number of aliphatic hydroxyl groups is 1. The molecular formula is C26H27N5O7. The molecule has 38 heavy (non-hydrogen) atoms. The van der Waals surface area contributed by atoms with Crippen molar-refractivity contribution in [2.45, 2.75) is 32.0 Å². The van der Waals surface area contributed by atoms with E-state index in [2.05, 4.69) is 20.0 Å². The van der Waals surface area contributed by atoms with Crippen molar-refractivity contribution in [3.63, 3.8) is 0 Å². The highest BCUT2D eigenvalue weighted by atomic mass is 16.5. The number of aromatic amines is 1. The molecule has 5 rings (SSSR count). The number of morpholine rings is 1. The second-order valence-corrected chi connectivity index (χ2v) is 9.19. The molecule has 2 aromatic carbocycles. The number of H-pyrrole nitrogens is 1.